The molecule has 0 bridgehead atoms. The molecule has 1 heterocycles. The van der Waals surface area contributed by atoms with Gasteiger partial charge >= 0.3 is 5.97 Å². The number of nitrogens with one attached hydrogen (secondary N) is 1. The lowest BCUT2D eigenvalue weighted by Gasteiger charge is -1.99. The Kier molecular flexibility index (Phi) is 3.36. The first-order chi connectivity index (χ1) is 8.06. The van der Waals surface area contributed by atoms with E-state index in [1.54, 1.807) is 18.2 Å². The lowest BCUT2D eigenvalue weighted by Crippen LogP contribution is -1.99. The Bertz CT molecular complexity index is 566. The molecule has 88 valence electrons. The third-order valence-corrected chi connectivity index (χ3v) is 2.90. The smallest absolute Gasteiger partial charge is 0.309 e. The lowest BCUT2D eigenvalue weighted by atomic mass is 10.2. The number of halogens is 2. The molecule has 0 aliphatic heterocycles. The Hall–Kier alpha value is -1.52. The molecule has 0 radical (unpaired) electrons. The second-order valence-corrected chi connectivity index (χ2v) is 4.27. The Morgan fingerprint density at radius 1 is 1.35 bits per heavy atom. The van der Waals surface area contributed by atoms with Crippen molar-refractivity contribution in [3.05, 3.63) is 40.1 Å². The molecule has 0 aliphatic carbocycles. The van der Waals surface area contributed by atoms with Gasteiger partial charge in [-0.05, 0) is 18.2 Å². The van der Waals surface area contributed by atoms with Crippen LogP contribution < -0.4 is 0 Å². The van der Waals surface area contributed by atoms with E-state index in [4.69, 9.17) is 28.3 Å². The van der Waals surface area contributed by atoms with Gasteiger partial charge in [0, 0.05) is 17.5 Å². The molecule has 6 heteroatoms. The summed E-state index contributed by atoms with van der Waals surface area (Å²) in [7, 11) is 0. The van der Waals surface area contributed by atoms with E-state index in [1.165, 1.54) is 6.20 Å². The second-order valence-electron chi connectivity index (χ2n) is 3.46. The van der Waals surface area contributed by atoms with Gasteiger partial charge in [0.25, 0.3) is 0 Å². The van der Waals surface area contributed by atoms with Gasteiger partial charge in [0.2, 0.25) is 0 Å². The number of benzene rings is 1. The highest BCUT2D eigenvalue weighted by Crippen LogP contribution is 2.26. The number of carboxylic acids is 1. The Morgan fingerprint density at radius 2 is 2.12 bits per heavy atom. The van der Waals surface area contributed by atoms with Crippen LogP contribution in [0.2, 0.25) is 10.0 Å². The van der Waals surface area contributed by atoms with E-state index in [0.29, 0.717) is 21.6 Å². The molecule has 1 aromatic carbocycles. The maximum absolute atomic E-state index is 10.5. The van der Waals surface area contributed by atoms with Gasteiger partial charge in [-0.25, -0.2) is 4.98 Å². The van der Waals surface area contributed by atoms with Crippen LogP contribution in [-0.2, 0) is 11.2 Å². The molecule has 0 fully saturated rings. The minimum atomic E-state index is -0.908. The molecular weight excluding hydrogens is 263 g/mol. The minimum Gasteiger partial charge on any atom is -0.481 e. The molecule has 1 aromatic heterocycles. The highest BCUT2D eigenvalue weighted by molar-refractivity contribution is 6.42. The summed E-state index contributed by atoms with van der Waals surface area (Å²) < 4.78 is 0. The number of carboxylic acid groups (broad SMARTS) is 1. The van der Waals surface area contributed by atoms with Crippen molar-refractivity contribution in [1.82, 2.24) is 9.97 Å². The molecule has 2 aromatic rings. The molecule has 0 atom stereocenters. The van der Waals surface area contributed by atoms with Crippen LogP contribution in [0.15, 0.2) is 24.4 Å². The molecule has 0 amide bonds. The van der Waals surface area contributed by atoms with Crippen molar-refractivity contribution in [3.63, 3.8) is 0 Å². The fourth-order valence-electron chi connectivity index (χ4n) is 1.40. The first-order valence-electron chi connectivity index (χ1n) is 4.77. The van der Waals surface area contributed by atoms with Crippen molar-refractivity contribution in [1.29, 1.82) is 0 Å². The number of hydrogen-bond acceptors (Lipinski definition) is 2. The quantitative estimate of drug-likeness (QED) is 0.901. The predicted octanol–water partition coefficient (Wildman–Crippen LogP) is 3.01. The van der Waals surface area contributed by atoms with Crippen LogP contribution in [-0.4, -0.2) is 21.0 Å². The van der Waals surface area contributed by atoms with Crippen molar-refractivity contribution in [2.45, 2.75) is 6.42 Å². The minimum absolute atomic E-state index is 0.0890. The molecule has 0 aliphatic rings. The standard InChI is InChI=1S/C11H8Cl2N2O2/c12-8-2-1-6(3-9(8)13)11-14-5-7(15-11)4-10(16)17/h1-3,5H,4H2,(H,14,15)(H,16,17). The summed E-state index contributed by atoms with van der Waals surface area (Å²) in [4.78, 5) is 17.5. The van der Waals surface area contributed by atoms with Crippen LogP contribution in [0.4, 0.5) is 0 Å². The number of imidazole rings is 1. The first kappa shape index (κ1) is 12.0. The van der Waals surface area contributed by atoms with Crippen molar-refractivity contribution in [3.8, 4) is 11.4 Å². The average molecular weight is 271 g/mol. The van der Waals surface area contributed by atoms with Gasteiger partial charge in [-0.1, -0.05) is 23.2 Å². The summed E-state index contributed by atoms with van der Waals surface area (Å²) in [5.41, 5.74) is 1.30. The second kappa shape index (κ2) is 4.77. The van der Waals surface area contributed by atoms with E-state index in [1.807, 2.05) is 0 Å². The zero-order valence-electron chi connectivity index (χ0n) is 8.58. The van der Waals surface area contributed by atoms with E-state index in [9.17, 15) is 4.79 Å². The number of H-pyrrole nitrogens is 1. The van der Waals surface area contributed by atoms with Gasteiger partial charge in [-0.15, -0.1) is 0 Å². The number of nitrogens with zero attached hydrogens (tertiary/aromatic N) is 1. The van der Waals surface area contributed by atoms with E-state index in [2.05, 4.69) is 9.97 Å². The van der Waals surface area contributed by atoms with Crippen LogP contribution in [0, 0.1) is 0 Å². The fraction of sp³-hybridized carbons (Fsp3) is 0.0909. The Morgan fingerprint density at radius 3 is 2.76 bits per heavy atom. The largest absolute Gasteiger partial charge is 0.481 e. The summed E-state index contributed by atoms with van der Waals surface area (Å²) in [6.07, 6.45) is 1.40. The van der Waals surface area contributed by atoms with Crippen LogP contribution >= 0.6 is 23.2 Å². The third-order valence-electron chi connectivity index (χ3n) is 2.16. The average Bonchev–Trinajstić information content (AvgIpc) is 2.69. The number of aliphatic carboxylic acids is 1. The van der Waals surface area contributed by atoms with E-state index in [0.717, 1.165) is 5.56 Å². The van der Waals surface area contributed by atoms with Gasteiger partial charge in [0.1, 0.15) is 5.82 Å². The summed E-state index contributed by atoms with van der Waals surface area (Å²) in [5, 5.41) is 9.54. The number of aromatic nitrogens is 2. The van der Waals surface area contributed by atoms with Gasteiger partial charge in [-0.2, -0.15) is 0 Å². The Labute approximate surface area is 107 Å². The number of rotatable bonds is 3. The normalized spacial score (nSPS) is 10.5. The first-order valence-corrected chi connectivity index (χ1v) is 5.53. The lowest BCUT2D eigenvalue weighted by molar-refractivity contribution is -0.136. The highest BCUT2D eigenvalue weighted by atomic mass is 35.5. The molecular formula is C11H8Cl2N2O2. The maximum atomic E-state index is 10.5. The van der Waals surface area contributed by atoms with Gasteiger partial charge in [-0.3, -0.25) is 4.79 Å². The number of carbonyl (C=O) groups is 1. The Balaban J connectivity index is 2.30. The summed E-state index contributed by atoms with van der Waals surface area (Å²) in [5.74, 6) is -0.339. The van der Waals surface area contributed by atoms with Gasteiger partial charge in [0.05, 0.1) is 16.5 Å². The third kappa shape index (κ3) is 2.78. The molecule has 2 N–H and O–H groups in total. The van der Waals surface area contributed by atoms with Crippen molar-refractivity contribution >= 4 is 29.2 Å². The van der Waals surface area contributed by atoms with Gasteiger partial charge < -0.3 is 10.1 Å². The van der Waals surface area contributed by atoms with Crippen LogP contribution in [0.25, 0.3) is 11.4 Å². The molecule has 0 spiro atoms. The zero-order chi connectivity index (χ0) is 12.4. The van der Waals surface area contributed by atoms with Crippen LogP contribution in [0.5, 0.6) is 0 Å². The zero-order valence-corrected chi connectivity index (χ0v) is 10.1. The topological polar surface area (TPSA) is 66.0 Å². The monoisotopic (exact) mass is 270 g/mol. The van der Waals surface area contributed by atoms with Crippen LogP contribution in [0.1, 0.15) is 5.69 Å². The summed E-state index contributed by atoms with van der Waals surface area (Å²) in [6.45, 7) is 0. The van der Waals surface area contributed by atoms with Crippen molar-refractivity contribution < 1.29 is 9.90 Å². The van der Waals surface area contributed by atoms with Crippen molar-refractivity contribution in [2.24, 2.45) is 0 Å². The molecule has 0 saturated heterocycles. The highest BCUT2D eigenvalue weighted by Gasteiger charge is 2.08. The van der Waals surface area contributed by atoms with E-state index < -0.39 is 5.97 Å². The predicted molar refractivity (Wildman–Crippen MR) is 65.4 cm³/mol. The molecule has 4 nitrogen and oxygen atoms in total. The molecule has 0 saturated carbocycles. The van der Waals surface area contributed by atoms with Crippen LogP contribution in [0.3, 0.4) is 0 Å². The van der Waals surface area contributed by atoms with Gasteiger partial charge in [0.15, 0.2) is 0 Å². The number of hydrogen-bond donors (Lipinski definition) is 2. The molecule has 17 heavy (non-hydrogen) atoms. The molecule has 0 unspecified atom stereocenters. The molecule has 2 rings (SSSR count). The fourth-order valence-corrected chi connectivity index (χ4v) is 1.70. The van der Waals surface area contributed by atoms with E-state index >= 15 is 0 Å². The van der Waals surface area contributed by atoms with Crippen molar-refractivity contribution in [2.75, 3.05) is 0 Å². The van der Waals surface area contributed by atoms with E-state index in [-0.39, 0.29) is 6.42 Å². The number of aromatic amines is 1. The SMILES string of the molecule is O=C(O)Cc1cnc(-c2ccc(Cl)c(Cl)c2)[nH]1. The summed E-state index contributed by atoms with van der Waals surface area (Å²) in [6, 6.07) is 5.10. The maximum Gasteiger partial charge on any atom is 0.309 e. The summed E-state index contributed by atoms with van der Waals surface area (Å²) >= 11 is 11.7.